The van der Waals surface area contributed by atoms with Gasteiger partial charge in [0.15, 0.2) is 0 Å². The fourth-order valence-electron chi connectivity index (χ4n) is 1.41. The number of carboxylic acids is 1. The first kappa shape index (κ1) is 12.4. The molecule has 0 aromatic carbocycles. The minimum atomic E-state index is -0.964. The van der Waals surface area contributed by atoms with Crippen LogP contribution in [-0.2, 0) is 9.53 Å². The SMILES string of the molecule is NC(CNCCN1CCOCC1)C(=O)O. The highest BCUT2D eigenvalue weighted by Crippen LogP contribution is 1.94. The summed E-state index contributed by atoms with van der Waals surface area (Å²) in [6.45, 7) is 5.47. The van der Waals surface area contributed by atoms with Crippen LogP contribution in [0.4, 0.5) is 0 Å². The van der Waals surface area contributed by atoms with Crippen molar-refractivity contribution in [3.05, 3.63) is 0 Å². The van der Waals surface area contributed by atoms with Gasteiger partial charge in [0.25, 0.3) is 0 Å². The summed E-state index contributed by atoms with van der Waals surface area (Å²) in [6, 6.07) is -0.810. The van der Waals surface area contributed by atoms with E-state index in [9.17, 15) is 4.79 Å². The Kier molecular flexibility index (Phi) is 5.56. The van der Waals surface area contributed by atoms with Gasteiger partial charge in [0, 0.05) is 32.7 Å². The normalized spacial score (nSPS) is 20.1. The van der Waals surface area contributed by atoms with Crippen molar-refractivity contribution in [2.24, 2.45) is 5.73 Å². The van der Waals surface area contributed by atoms with Gasteiger partial charge >= 0.3 is 5.97 Å². The molecule has 0 spiro atoms. The number of ether oxygens (including phenoxy) is 1. The lowest BCUT2D eigenvalue weighted by molar-refractivity contribution is -0.138. The molecular weight excluding hydrogens is 198 g/mol. The third-order valence-corrected chi connectivity index (χ3v) is 2.39. The molecule has 0 radical (unpaired) electrons. The molecule has 0 aromatic heterocycles. The van der Waals surface area contributed by atoms with Crippen molar-refractivity contribution < 1.29 is 14.6 Å². The van der Waals surface area contributed by atoms with E-state index in [0.717, 1.165) is 39.4 Å². The molecule has 1 atom stereocenters. The van der Waals surface area contributed by atoms with Gasteiger partial charge in [0.1, 0.15) is 6.04 Å². The number of rotatable bonds is 6. The molecular formula is C9H19N3O3. The number of nitrogens with zero attached hydrogens (tertiary/aromatic N) is 1. The first-order valence-corrected chi connectivity index (χ1v) is 5.19. The number of hydrogen-bond donors (Lipinski definition) is 3. The van der Waals surface area contributed by atoms with Gasteiger partial charge in [-0.05, 0) is 0 Å². The number of carboxylic acid groups (broad SMARTS) is 1. The molecule has 0 aliphatic carbocycles. The van der Waals surface area contributed by atoms with Gasteiger partial charge in [-0.3, -0.25) is 9.69 Å². The molecule has 15 heavy (non-hydrogen) atoms. The van der Waals surface area contributed by atoms with Crippen LogP contribution in [0.15, 0.2) is 0 Å². The second kappa shape index (κ2) is 6.73. The molecule has 1 unspecified atom stereocenters. The number of aliphatic carboxylic acids is 1. The maximum atomic E-state index is 10.4. The Balaban J connectivity index is 1.98. The molecule has 1 fully saturated rings. The maximum absolute atomic E-state index is 10.4. The highest BCUT2D eigenvalue weighted by atomic mass is 16.5. The number of carbonyl (C=O) groups is 1. The van der Waals surface area contributed by atoms with Crippen molar-refractivity contribution in [3.8, 4) is 0 Å². The van der Waals surface area contributed by atoms with E-state index in [2.05, 4.69) is 10.2 Å². The zero-order valence-electron chi connectivity index (χ0n) is 8.82. The largest absolute Gasteiger partial charge is 0.480 e. The summed E-state index contributed by atoms with van der Waals surface area (Å²) in [7, 11) is 0. The van der Waals surface area contributed by atoms with Crippen molar-refractivity contribution in [1.29, 1.82) is 0 Å². The maximum Gasteiger partial charge on any atom is 0.321 e. The summed E-state index contributed by atoms with van der Waals surface area (Å²) in [5.41, 5.74) is 5.34. The molecule has 6 heteroatoms. The molecule has 1 aliphatic heterocycles. The van der Waals surface area contributed by atoms with Crippen LogP contribution >= 0.6 is 0 Å². The zero-order valence-corrected chi connectivity index (χ0v) is 8.82. The second-order valence-electron chi connectivity index (χ2n) is 3.60. The lowest BCUT2D eigenvalue weighted by atomic mass is 10.3. The summed E-state index contributed by atoms with van der Waals surface area (Å²) >= 11 is 0. The first-order chi connectivity index (χ1) is 7.20. The summed E-state index contributed by atoms with van der Waals surface area (Å²) in [5.74, 6) is -0.964. The van der Waals surface area contributed by atoms with E-state index in [4.69, 9.17) is 15.6 Å². The monoisotopic (exact) mass is 217 g/mol. The van der Waals surface area contributed by atoms with Crippen molar-refractivity contribution in [2.45, 2.75) is 6.04 Å². The lowest BCUT2D eigenvalue weighted by Gasteiger charge is -2.26. The van der Waals surface area contributed by atoms with E-state index >= 15 is 0 Å². The number of hydrogen-bond acceptors (Lipinski definition) is 5. The Bertz CT molecular complexity index is 195. The van der Waals surface area contributed by atoms with Crippen LogP contribution in [0.2, 0.25) is 0 Å². The van der Waals surface area contributed by atoms with E-state index in [1.807, 2.05) is 0 Å². The molecule has 1 saturated heterocycles. The second-order valence-corrected chi connectivity index (χ2v) is 3.60. The van der Waals surface area contributed by atoms with Crippen LogP contribution < -0.4 is 11.1 Å². The average Bonchev–Trinajstić information content (AvgIpc) is 2.25. The lowest BCUT2D eigenvalue weighted by Crippen LogP contribution is -2.44. The van der Waals surface area contributed by atoms with Crippen LogP contribution in [-0.4, -0.2) is 68.0 Å². The molecule has 4 N–H and O–H groups in total. The third-order valence-electron chi connectivity index (χ3n) is 2.39. The van der Waals surface area contributed by atoms with Gasteiger partial charge in [-0.1, -0.05) is 0 Å². The Morgan fingerprint density at radius 3 is 2.80 bits per heavy atom. The quantitative estimate of drug-likeness (QED) is 0.461. The van der Waals surface area contributed by atoms with Crippen LogP contribution in [0.25, 0.3) is 0 Å². The van der Waals surface area contributed by atoms with E-state index < -0.39 is 12.0 Å². The molecule has 88 valence electrons. The van der Waals surface area contributed by atoms with Crippen molar-refractivity contribution in [3.63, 3.8) is 0 Å². The summed E-state index contributed by atoms with van der Waals surface area (Å²) in [6.07, 6.45) is 0. The Morgan fingerprint density at radius 1 is 1.53 bits per heavy atom. The molecule has 1 heterocycles. The molecule has 0 bridgehead atoms. The fourth-order valence-corrected chi connectivity index (χ4v) is 1.41. The predicted molar refractivity (Wildman–Crippen MR) is 55.7 cm³/mol. The van der Waals surface area contributed by atoms with Gasteiger partial charge in [-0.15, -0.1) is 0 Å². The van der Waals surface area contributed by atoms with Gasteiger partial charge < -0.3 is 20.9 Å². The van der Waals surface area contributed by atoms with Crippen molar-refractivity contribution in [2.75, 3.05) is 45.9 Å². The van der Waals surface area contributed by atoms with Gasteiger partial charge in [-0.25, -0.2) is 0 Å². The number of nitrogens with one attached hydrogen (secondary N) is 1. The molecule has 0 amide bonds. The van der Waals surface area contributed by atoms with Crippen molar-refractivity contribution >= 4 is 5.97 Å². The van der Waals surface area contributed by atoms with Gasteiger partial charge in [-0.2, -0.15) is 0 Å². The van der Waals surface area contributed by atoms with Gasteiger partial charge in [0.2, 0.25) is 0 Å². The fraction of sp³-hybridized carbons (Fsp3) is 0.889. The van der Waals surface area contributed by atoms with Crippen LogP contribution in [0.3, 0.4) is 0 Å². The zero-order chi connectivity index (χ0) is 11.1. The summed E-state index contributed by atoms with van der Waals surface area (Å²) in [4.78, 5) is 12.7. The smallest absolute Gasteiger partial charge is 0.321 e. The number of morpholine rings is 1. The Labute approximate surface area is 89.4 Å². The predicted octanol–water partition coefficient (Wildman–Crippen LogP) is -1.68. The molecule has 6 nitrogen and oxygen atoms in total. The van der Waals surface area contributed by atoms with E-state index in [1.54, 1.807) is 0 Å². The topological polar surface area (TPSA) is 87.8 Å². The molecule has 0 saturated carbocycles. The number of nitrogens with two attached hydrogens (primary N) is 1. The average molecular weight is 217 g/mol. The standard InChI is InChI=1S/C9H19N3O3/c10-8(9(13)14)7-11-1-2-12-3-5-15-6-4-12/h8,11H,1-7,10H2,(H,13,14). The third kappa shape index (κ3) is 5.08. The molecule has 1 aliphatic rings. The highest BCUT2D eigenvalue weighted by molar-refractivity contribution is 5.73. The minimum Gasteiger partial charge on any atom is -0.480 e. The summed E-state index contributed by atoms with van der Waals surface area (Å²) < 4.78 is 5.22. The molecule has 0 aromatic rings. The Morgan fingerprint density at radius 2 is 2.20 bits per heavy atom. The van der Waals surface area contributed by atoms with Crippen LogP contribution in [0, 0.1) is 0 Å². The van der Waals surface area contributed by atoms with E-state index in [-0.39, 0.29) is 0 Å². The van der Waals surface area contributed by atoms with Crippen LogP contribution in [0.5, 0.6) is 0 Å². The van der Waals surface area contributed by atoms with E-state index in [1.165, 1.54) is 0 Å². The molecule has 1 rings (SSSR count). The van der Waals surface area contributed by atoms with Gasteiger partial charge in [0.05, 0.1) is 13.2 Å². The minimum absolute atomic E-state index is 0.319. The highest BCUT2D eigenvalue weighted by Gasteiger charge is 2.11. The Hall–Kier alpha value is -0.690. The van der Waals surface area contributed by atoms with Crippen LogP contribution in [0.1, 0.15) is 0 Å². The van der Waals surface area contributed by atoms with Crippen molar-refractivity contribution in [1.82, 2.24) is 10.2 Å². The first-order valence-electron chi connectivity index (χ1n) is 5.19. The summed E-state index contributed by atoms with van der Waals surface area (Å²) in [5, 5.41) is 11.6. The van der Waals surface area contributed by atoms with E-state index in [0.29, 0.717) is 6.54 Å².